The Morgan fingerprint density at radius 1 is 1.85 bits per heavy atom. The smallest absolute Gasteiger partial charge is 0.268 e. The van der Waals surface area contributed by atoms with E-state index >= 15 is 0 Å². The summed E-state index contributed by atoms with van der Waals surface area (Å²) in [7, 11) is 0. The van der Waals surface area contributed by atoms with Gasteiger partial charge >= 0.3 is 0 Å². The predicted molar refractivity (Wildman–Crippen MR) is 42.5 cm³/mol. The van der Waals surface area contributed by atoms with E-state index in [1.54, 1.807) is 6.92 Å². The largest absolute Gasteiger partial charge is 0.372 e. The monoisotopic (exact) mass is 188 g/mol. The molecule has 0 radical (unpaired) electrons. The minimum absolute atomic E-state index is 0.0275. The standard InChI is InChI=1S/C7H12N2O4/c1-2-12-4-6(10)8-5-3-13-9-7(5)11/h5H,2-4H2,1H3,(H,8,10)(H,9,11)/t5-/m1/s1. The molecule has 0 aromatic heterocycles. The predicted octanol–water partition coefficient (Wildman–Crippen LogP) is -1.43. The van der Waals surface area contributed by atoms with Gasteiger partial charge in [0, 0.05) is 6.61 Å². The first kappa shape index (κ1) is 9.94. The van der Waals surface area contributed by atoms with Crippen molar-refractivity contribution in [2.75, 3.05) is 19.8 Å². The van der Waals surface area contributed by atoms with Gasteiger partial charge in [0.15, 0.2) is 0 Å². The van der Waals surface area contributed by atoms with Crippen molar-refractivity contribution in [1.29, 1.82) is 0 Å². The number of nitrogens with one attached hydrogen (secondary N) is 2. The summed E-state index contributed by atoms with van der Waals surface area (Å²) < 4.78 is 4.86. The van der Waals surface area contributed by atoms with Crippen LogP contribution in [0.1, 0.15) is 6.92 Å². The number of hydroxylamine groups is 1. The van der Waals surface area contributed by atoms with E-state index < -0.39 is 6.04 Å². The van der Waals surface area contributed by atoms with Gasteiger partial charge in [-0.15, -0.1) is 0 Å². The van der Waals surface area contributed by atoms with Crippen molar-refractivity contribution in [3.8, 4) is 0 Å². The Morgan fingerprint density at radius 2 is 2.62 bits per heavy atom. The van der Waals surface area contributed by atoms with Crippen LogP contribution in [0.2, 0.25) is 0 Å². The number of hydrogen-bond donors (Lipinski definition) is 2. The van der Waals surface area contributed by atoms with Crippen LogP contribution in [0.15, 0.2) is 0 Å². The summed E-state index contributed by atoms with van der Waals surface area (Å²) in [5.74, 6) is -0.641. The molecule has 0 bridgehead atoms. The summed E-state index contributed by atoms with van der Waals surface area (Å²) in [5.41, 5.74) is 2.14. The molecule has 1 aliphatic rings. The lowest BCUT2D eigenvalue weighted by Crippen LogP contribution is -2.43. The minimum Gasteiger partial charge on any atom is -0.372 e. The van der Waals surface area contributed by atoms with Gasteiger partial charge < -0.3 is 10.1 Å². The van der Waals surface area contributed by atoms with E-state index in [9.17, 15) is 9.59 Å². The van der Waals surface area contributed by atoms with E-state index in [0.717, 1.165) is 0 Å². The number of carbonyl (C=O) groups excluding carboxylic acids is 2. The maximum Gasteiger partial charge on any atom is 0.268 e. The van der Waals surface area contributed by atoms with Gasteiger partial charge in [-0.05, 0) is 6.92 Å². The fraction of sp³-hybridized carbons (Fsp3) is 0.714. The number of amides is 2. The summed E-state index contributed by atoms with van der Waals surface area (Å²) in [5, 5.41) is 2.46. The first-order chi connectivity index (χ1) is 6.24. The van der Waals surface area contributed by atoms with Crippen LogP contribution in [-0.2, 0) is 19.2 Å². The van der Waals surface area contributed by atoms with Gasteiger partial charge in [0.25, 0.3) is 5.91 Å². The fourth-order valence-corrected chi connectivity index (χ4v) is 0.881. The Bertz CT molecular complexity index is 207. The zero-order chi connectivity index (χ0) is 9.68. The van der Waals surface area contributed by atoms with Gasteiger partial charge in [0.2, 0.25) is 5.91 Å². The zero-order valence-electron chi connectivity index (χ0n) is 7.33. The van der Waals surface area contributed by atoms with Gasteiger partial charge in [-0.25, -0.2) is 5.48 Å². The average molecular weight is 188 g/mol. The summed E-state index contributed by atoms with van der Waals surface area (Å²) in [6.07, 6.45) is 0. The highest BCUT2D eigenvalue weighted by atomic mass is 16.7. The van der Waals surface area contributed by atoms with Crippen LogP contribution in [0.4, 0.5) is 0 Å². The SMILES string of the molecule is CCOCC(=O)N[C@@H]1CONC1=O. The Labute approximate surface area is 75.5 Å². The Hall–Kier alpha value is -1.14. The van der Waals surface area contributed by atoms with E-state index in [1.807, 2.05) is 0 Å². The maximum atomic E-state index is 11.0. The van der Waals surface area contributed by atoms with Crippen LogP contribution in [-0.4, -0.2) is 37.7 Å². The first-order valence-corrected chi connectivity index (χ1v) is 4.02. The molecular formula is C7H12N2O4. The topological polar surface area (TPSA) is 76.7 Å². The van der Waals surface area contributed by atoms with E-state index in [2.05, 4.69) is 15.6 Å². The van der Waals surface area contributed by atoms with Crippen molar-refractivity contribution in [2.45, 2.75) is 13.0 Å². The number of ether oxygens (including phenoxy) is 1. The van der Waals surface area contributed by atoms with Gasteiger partial charge in [-0.2, -0.15) is 0 Å². The van der Waals surface area contributed by atoms with Crippen LogP contribution < -0.4 is 10.8 Å². The van der Waals surface area contributed by atoms with E-state index in [-0.39, 0.29) is 25.0 Å². The molecule has 0 saturated carbocycles. The molecule has 0 unspecified atom stereocenters. The lowest BCUT2D eigenvalue weighted by atomic mass is 10.3. The van der Waals surface area contributed by atoms with Crippen molar-refractivity contribution in [1.82, 2.24) is 10.8 Å². The van der Waals surface area contributed by atoms with Gasteiger partial charge in [0.1, 0.15) is 19.3 Å². The summed E-state index contributed by atoms with van der Waals surface area (Å²) in [6, 6.07) is -0.590. The maximum absolute atomic E-state index is 11.0. The van der Waals surface area contributed by atoms with Crippen molar-refractivity contribution in [3.05, 3.63) is 0 Å². The van der Waals surface area contributed by atoms with Crippen LogP contribution >= 0.6 is 0 Å². The molecule has 1 rings (SSSR count). The second-order valence-corrected chi connectivity index (χ2v) is 2.53. The number of carbonyl (C=O) groups is 2. The van der Waals surface area contributed by atoms with E-state index in [1.165, 1.54) is 0 Å². The summed E-state index contributed by atoms with van der Waals surface area (Å²) in [4.78, 5) is 26.5. The highest BCUT2D eigenvalue weighted by Gasteiger charge is 2.26. The van der Waals surface area contributed by atoms with Crippen LogP contribution in [0.3, 0.4) is 0 Å². The van der Waals surface area contributed by atoms with Gasteiger partial charge in [-0.3, -0.25) is 14.4 Å². The van der Waals surface area contributed by atoms with Crippen molar-refractivity contribution < 1.29 is 19.2 Å². The van der Waals surface area contributed by atoms with Crippen LogP contribution in [0.5, 0.6) is 0 Å². The molecule has 2 amide bonds. The first-order valence-electron chi connectivity index (χ1n) is 4.02. The third kappa shape index (κ3) is 3.00. The Kier molecular flexibility index (Phi) is 3.66. The molecule has 74 valence electrons. The van der Waals surface area contributed by atoms with Crippen LogP contribution in [0.25, 0.3) is 0 Å². The Balaban J connectivity index is 2.23. The lowest BCUT2D eigenvalue weighted by molar-refractivity contribution is -0.130. The number of rotatable bonds is 4. The van der Waals surface area contributed by atoms with Crippen molar-refractivity contribution in [3.63, 3.8) is 0 Å². The molecule has 13 heavy (non-hydrogen) atoms. The van der Waals surface area contributed by atoms with Crippen LogP contribution in [0, 0.1) is 0 Å². The average Bonchev–Trinajstić information content (AvgIpc) is 2.48. The molecule has 0 aromatic rings. The molecule has 0 aliphatic carbocycles. The van der Waals surface area contributed by atoms with Crippen molar-refractivity contribution in [2.24, 2.45) is 0 Å². The molecule has 0 aromatic carbocycles. The Morgan fingerprint density at radius 3 is 3.15 bits per heavy atom. The fourth-order valence-electron chi connectivity index (χ4n) is 0.881. The third-order valence-electron chi connectivity index (χ3n) is 1.51. The van der Waals surface area contributed by atoms with Gasteiger partial charge in [-0.1, -0.05) is 0 Å². The highest BCUT2D eigenvalue weighted by Crippen LogP contribution is 1.93. The molecule has 1 aliphatic heterocycles. The van der Waals surface area contributed by atoms with Crippen molar-refractivity contribution >= 4 is 11.8 Å². The lowest BCUT2D eigenvalue weighted by Gasteiger charge is -2.07. The molecule has 1 fully saturated rings. The molecule has 6 heteroatoms. The summed E-state index contributed by atoms with van der Waals surface area (Å²) >= 11 is 0. The molecule has 1 heterocycles. The van der Waals surface area contributed by atoms with E-state index in [4.69, 9.17) is 4.74 Å². The number of hydrogen-bond acceptors (Lipinski definition) is 4. The van der Waals surface area contributed by atoms with E-state index in [0.29, 0.717) is 6.61 Å². The molecule has 1 atom stereocenters. The normalized spacial score (nSPS) is 21.3. The molecule has 1 saturated heterocycles. The minimum atomic E-state index is -0.590. The zero-order valence-corrected chi connectivity index (χ0v) is 7.33. The third-order valence-corrected chi connectivity index (χ3v) is 1.51. The highest BCUT2D eigenvalue weighted by molar-refractivity contribution is 5.88. The molecule has 6 nitrogen and oxygen atoms in total. The van der Waals surface area contributed by atoms with Gasteiger partial charge in [0.05, 0.1) is 0 Å². The molecule has 0 spiro atoms. The molecule has 2 N–H and O–H groups in total. The molecular weight excluding hydrogens is 176 g/mol. The summed E-state index contributed by atoms with van der Waals surface area (Å²) in [6.45, 7) is 2.40. The quantitative estimate of drug-likeness (QED) is 0.567. The second-order valence-electron chi connectivity index (χ2n) is 2.53. The second kappa shape index (κ2) is 4.78.